The lowest BCUT2D eigenvalue weighted by Crippen LogP contribution is -2.30. The Morgan fingerprint density at radius 2 is 1.86 bits per heavy atom. The van der Waals surface area contributed by atoms with Gasteiger partial charge in [-0.15, -0.1) is 22.7 Å². The highest BCUT2D eigenvalue weighted by Gasteiger charge is 2.35. The summed E-state index contributed by atoms with van der Waals surface area (Å²) in [5, 5.41) is 1.96. The minimum absolute atomic E-state index is 0.140. The van der Waals surface area contributed by atoms with E-state index < -0.39 is 17.8 Å². The van der Waals surface area contributed by atoms with Gasteiger partial charge in [-0.3, -0.25) is 5.84 Å². The van der Waals surface area contributed by atoms with Crippen molar-refractivity contribution in [2.24, 2.45) is 5.84 Å². The number of hydrogen-bond donors (Lipinski definition) is 2. The van der Waals surface area contributed by atoms with Gasteiger partial charge in [-0.05, 0) is 29.1 Å². The van der Waals surface area contributed by atoms with Crippen molar-refractivity contribution >= 4 is 32.1 Å². The summed E-state index contributed by atoms with van der Waals surface area (Å²) in [6, 6.07) is 8.68. The van der Waals surface area contributed by atoms with Crippen molar-refractivity contribution in [3.63, 3.8) is 0 Å². The van der Waals surface area contributed by atoms with Crippen molar-refractivity contribution < 1.29 is 13.2 Å². The zero-order chi connectivity index (χ0) is 15.0. The molecule has 21 heavy (non-hydrogen) atoms. The van der Waals surface area contributed by atoms with Gasteiger partial charge >= 0.3 is 6.18 Å². The summed E-state index contributed by atoms with van der Waals surface area (Å²) in [7, 11) is 0. The molecule has 0 spiro atoms. The standard InChI is InChI=1S/C14H11F3N2S2/c15-14(16,17)9-4-2-1-3-8(9)13(19-18)12-7-11-10(21-12)5-6-20-11/h1-7,13,19H,18H2. The lowest BCUT2D eigenvalue weighted by molar-refractivity contribution is -0.138. The minimum Gasteiger partial charge on any atom is -0.271 e. The van der Waals surface area contributed by atoms with Gasteiger partial charge in [-0.2, -0.15) is 13.2 Å². The van der Waals surface area contributed by atoms with Crippen molar-refractivity contribution in [2.45, 2.75) is 12.2 Å². The number of halogens is 3. The molecule has 0 bridgehead atoms. The Balaban J connectivity index is 2.10. The number of nitrogens with one attached hydrogen (secondary N) is 1. The van der Waals surface area contributed by atoms with E-state index in [9.17, 15) is 13.2 Å². The molecule has 0 radical (unpaired) electrons. The number of alkyl halides is 3. The molecule has 2 aromatic heterocycles. The molecule has 110 valence electrons. The molecule has 0 aliphatic carbocycles. The lowest BCUT2D eigenvalue weighted by atomic mass is 9.99. The molecule has 0 saturated carbocycles. The van der Waals surface area contributed by atoms with Gasteiger partial charge in [-0.1, -0.05) is 18.2 Å². The molecule has 0 fully saturated rings. The largest absolute Gasteiger partial charge is 0.416 e. The number of rotatable bonds is 3. The molecule has 2 nitrogen and oxygen atoms in total. The van der Waals surface area contributed by atoms with Gasteiger partial charge < -0.3 is 0 Å². The summed E-state index contributed by atoms with van der Waals surface area (Å²) in [6.45, 7) is 0. The van der Waals surface area contributed by atoms with Gasteiger partial charge in [0.2, 0.25) is 0 Å². The van der Waals surface area contributed by atoms with Crippen LogP contribution in [0.15, 0.2) is 41.8 Å². The fourth-order valence-electron chi connectivity index (χ4n) is 2.26. The Labute approximate surface area is 127 Å². The molecule has 0 amide bonds. The summed E-state index contributed by atoms with van der Waals surface area (Å²) in [5.41, 5.74) is 1.99. The van der Waals surface area contributed by atoms with E-state index in [1.807, 2.05) is 17.5 Å². The summed E-state index contributed by atoms with van der Waals surface area (Å²) < 4.78 is 41.5. The number of fused-ring (bicyclic) bond motifs is 1. The monoisotopic (exact) mass is 328 g/mol. The molecule has 1 unspecified atom stereocenters. The summed E-state index contributed by atoms with van der Waals surface area (Å²) in [4.78, 5) is 0.774. The third kappa shape index (κ3) is 2.69. The van der Waals surface area contributed by atoms with Crippen LogP contribution in [-0.4, -0.2) is 0 Å². The molecule has 1 atom stereocenters. The highest BCUT2D eigenvalue weighted by Crippen LogP contribution is 2.40. The first-order valence-electron chi connectivity index (χ1n) is 6.10. The maximum Gasteiger partial charge on any atom is 0.416 e. The molecule has 2 heterocycles. The quantitative estimate of drug-likeness (QED) is 0.547. The van der Waals surface area contributed by atoms with Crippen LogP contribution in [0.25, 0.3) is 9.40 Å². The Kier molecular flexibility index (Phi) is 3.75. The second-order valence-electron chi connectivity index (χ2n) is 4.48. The van der Waals surface area contributed by atoms with Gasteiger partial charge in [-0.25, -0.2) is 5.43 Å². The average Bonchev–Trinajstić information content (AvgIpc) is 3.00. The van der Waals surface area contributed by atoms with E-state index in [0.717, 1.165) is 20.3 Å². The van der Waals surface area contributed by atoms with E-state index in [2.05, 4.69) is 5.43 Å². The van der Waals surface area contributed by atoms with Crippen LogP contribution in [-0.2, 0) is 6.18 Å². The Bertz CT molecular complexity index is 732. The highest BCUT2D eigenvalue weighted by molar-refractivity contribution is 7.27. The molecule has 3 N–H and O–H groups in total. The van der Waals surface area contributed by atoms with E-state index in [0.29, 0.717) is 0 Å². The predicted octanol–water partition coefficient (Wildman–Crippen LogP) is 4.53. The number of nitrogens with two attached hydrogens (primary N) is 1. The van der Waals surface area contributed by atoms with Crippen molar-refractivity contribution in [2.75, 3.05) is 0 Å². The van der Waals surface area contributed by atoms with Crippen molar-refractivity contribution in [1.82, 2.24) is 5.43 Å². The fourth-order valence-corrected chi connectivity index (χ4v) is 4.46. The predicted molar refractivity (Wildman–Crippen MR) is 80.3 cm³/mol. The second kappa shape index (κ2) is 5.42. The number of benzene rings is 1. The van der Waals surface area contributed by atoms with E-state index in [4.69, 9.17) is 5.84 Å². The third-order valence-corrected chi connectivity index (χ3v) is 5.35. The number of thiophene rings is 2. The summed E-state index contributed by atoms with van der Waals surface area (Å²) in [5.74, 6) is 5.53. The topological polar surface area (TPSA) is 38.0 Å². The summed E-state index contributed by atoms with van der Waals surface area (Å²) in [6.07, 6.45) is -4.40. The first kappa shape index (κ1) is 14.5. The molecule has 1 aromatic carbocycles. The van der Waals surface area contributed by atoms with E-state index in [1.54, 1.807) is 17.4 Å². The Morgan fingerprint density at radius 3 is 2.52 bits per heavy atom. The van der Waals surface area contributed by atoms with Crippen LogP contribution in [0.3, 0.4) is 0 Å². The van der Waals surface area contributed by atoms with Gasteiger partial charge in [0, 0.05) is 14.3 Å². The highest BCUT2D eigenvalue weighted by atomic mass is 32.1. The van der Waals surface area contributed by atoms with Crippen LogP contribution in [0.1, 0.15) is 22.0 Å². The maximum atomic E-state index is 13.1. The Morgan fingerprint density at radius 1 is 1.10 bits per heavy atom. The van der Waals surface area contributed by atoms with E-state index >= 15 is 0 Å². The van der Waals surface area contributed by atoms with Crippen LogP contribution in [0, 0.1) is 0 Å². The maximum absolute atomic E-state index is 13.1. The molecule has 0 aliphatic rings. The molecule has 0 aliphatic heterocycles. The van der Waals surface area contributed by atoms with Crippen molar-refractivity contribution in [1.29, 1.82) is 0 Å². The van der Waals surface area contributed by atoms with Crippen LogP contribution in [0.4, 0.5) is 13.2 Å². The molecule has 3 rings (SSSR count). The smallest absolute Gasteiger partial charge is 0.271 e. The first-order chi connectivity index (χ1) is 10.0. The Hall–Kier alpha value is -1.41. The zero-order valence-corrected chi connectivity index (χ0v) is 12.3. The van der Waals surface area contributed by atoms with Gasteiger partial charge in [0.15, 0.2) is 0 Å². The SMILES string of the molecule is NNC(c1cc2sccc2s1)c1ccccc1C(F)(F)F. The van der Waals surface area contributed by atoms with Crippen molar-refractivity contribution in [3.05, 3.63) is 57.8 Å². The normalized spacial score (nSPS) is 13.7. The molecule has 7 heteroatoms. The second-order valence-corrected chi connectivity index (χ2v) is 6.55. The van der Waals surface area contributed by atoms with E-state index in [1.165, 1.54) is 23.5 Å². The first-order valence-corrected chi connectivity index (χ1v) is 7.79. The molecular weight excluding hydrogens is 317 g/mol. The zero-order valence-electron chi connectivity index (χ0n) is 10.6. The van der Waals surface area contributed by atoms with Gasteiger partial charge in [0.1, 0.15) is 0 Å². The van der Waals surface area contributed by atoms with Gasteiger partial charge in [0.05, 0.1) is 11.6 Å². The van der Waals surface area contributed by atoms with Crippen LogP contribution >= 0.6 is 22.7 Å². The minimum atomic E-state index is -4.40. The average molecular weight is 328 g/mol. The van der Waals surface area contributed by atoms with Crippen LogP contribution in [0.2, 0.25) is 0 Å². The molecule has 0 saturated heterocycles. The van der Waals surface area contributed by atoms with Gasteiger partial charge in [0.25, 0.3) is 0 Å². The van der Waals surface area contributed by atoms with Crippen LogP contribution < -0.4 is 11.3 Å². The number of hydrogen-bond acceptors (Lipinski definition) is 4. The number of hydrazine groups is 1. The molecular formula is C14H11F3N2S2. The summed E-state index contributed by atoms with van der Waals surface area (Å²) >= 11 is 3.01. The van der Waals surface area contributed by atoms with E-state index in [-0.39, 0.29) is 5.56 Å². The third-order valence-electron chi connectivity index (χ3n) is 3.19. The van der Waals surface area contributed by atoms with Crippen LogP contribution in [0.5, 0.6) is 0 Å². The molecule has 3 aromatic rings. The fraction of sp³-hybridized carbons (Fsp3) is 0.143. The van der Waals surface area contributed by atoms with Crippen molar-refractivity contribution in [3.8, 4) is 0 Å². The lowest BCUT2D eigenvalue weighted by Gasteiger charge is -2.20.